The largest absolute Gasteiger partial charge is 0.332 e. The van der Waals surface area contributed by atoms with Crippen molar-refractivity contribution in [2.24, 2.45) is 5.41 Å². The molecule has 17 heavy (non-hydrogen) atoms. The maximum Gasteiger partial charge on any atom is 0.273 e. The molecule has 0 bridgehead atoms. The van der Waals surface area contributed by atoms with Crippen molar-refractivity contribution in [2.75, 3.05) is 0 Å². The molecule has 1 aromatic heterocycles. The van der Waals surface area contributed by atoms with Crippen LogP contribution in [0.4, 0.5) is 0 Å². The summed E-state index contributed by atoms with van der Waals surface area (Å²) in [5.74, 6) is -0.343. The topological polar surface area (TPSA) is 78.7 Å². The maximum atomic E-state index is 11.9. The van der Waals surface area contributed by atoms with Gasteiger partial charge in [0.2, 0.25) is 0 Å². The first-order valence-electron chi connectivity index (χ1n) is 5.44. The van der Waals surface area contributed by atoms with Crippen LogP contribution in [0.1, 0.15) is 36.5 Å². The lowest BCUT2D eigenvalue weighted by Crippen LogP contribution is -2.39. The smallest absolute Gasteiger partial charge is 0.273 e. The monoisotopic (exact) mass is 230 g/mol. The summed E-state index contributed by atoms with van der Waals surface area (Å²) >= 11 is 0. The second kappa shape index (κ2) is 3.52. The van der Waals surface area contributed by atoms with Crippen molar-refractivity contribution >= 4 is 5.91 Å². The molecule has 1 saturated carbocycles. The standard InChI is InChI=1S/C12H14N4O/c1-8-4-5-9(16-15-8)10(17)14-12(7-13)6-11(12,2)3/h4-5H,6H2,1-3H3,(H,14,17). The predicted octanol–water partition coefficient (Wildman–Crippen LogP) is 1.21. The van der Waals surface area contributed by atoms with Crippen LogP contribution in [-0.4, -0.2) is 21.6 Å². The second-order valence-electron chi connectivity index (χ2n) is 5.09. The van der Waals surface area contributed by atoms with E-state index in [2.05, 4.69) is 21.6 Å². The minimum absolute atomic E-state index is 0.171. The summed E-state index contributed by atoms with van der Waals surface area (Å²) in [6.45, 7) is 5.71. The van der Waals surface area contributed by atoms with Crippen LogP contribution >= 0.6 is 0 Å². The molecule has 0 aliphatic heterocycles. The molecule has 1 fully saturated rings. The first-order valence-corrected chi connectivity index (χ1v) is 5.44. The minimum atomic E-state index is -0.753. The normalized spacial score (nSPS) is 24.8. The number of carbonyl (C=O) groups is 1. The number of carbonyl (C=O) groups excluding carboxylic acids is 1. The quantitative estimate of drug-likeness (QED) is 0.828. The van der Waals surface area contributed by atoms with Gasteiger partial charge >= 0.3 is 0 Å². The summed E-state index contributed by atoms with van der Waals surface area (Å²) in [6.07, 6.45) is 0.668. The lowest BCUT2D eigenvalue weighted by Gasteiger charge is -2.13. The molecule has 2 rings (SSSR count). The van der Waals surface area contributed by atoms with Crippen LogP contribution in [-0.2, 0) is 0 Å². The molecule has 1 aromatic rings. The number of aromatic nitrogens is 2. The molecule has 1 heterocycles. The fourth-order valence-electron chi connectivity index (χ4n) is 1.83. The maximum absolute atomic E-state index is 11.9. The summed E-state index contributed by atoms with van der Waals surface area (Å²) in [4.78, 5) is 11.9. The zero-order valence-corrected chi connectivity index (χ0v) is 10.1. The van der Waals surface area contributed by atoms with Gasteiger partial charge in [-0.1, -0.05) is 13.8 Å². The molecular weight excluding hydrogens is 216 g/mol. The van der Waals surface area contributed by atoms with E-state index in [1.165, 1.54) is 0 Å². The van der Waals surface area contributed by atoms with Gasteiger partial charge in [0.1, 0.15) is 5.54 Å². The molecule has 5 heteroatoms. The number of aryl methyl sites for hydroxylation is 1. The third-order valence-corrected chi connectivity index (χ3v) is 3.29. The van der Waals surface area contributed by atoms with E-state index in [1.54, 1.807) is 19.1 Å². The van der Waals surface area contributed by atoms with E-state index in [0.717, 1.165) is 5.69 Å². The highest BCUT2D eigenvalue weighted by Gasteiger charge is 2.63. The van der Waals surface area contributed by atoms with Crippen LogP contribution in [0.2, 0.25) is 0 Å². The number of rotatable bonds is 2. The SMILES string of the molecule is Cc1ccc(C(=O)NC2(C#N)CC2(C)C)nn1. The Balaban J connectivity index is 2.14. The van der Waals surface area contributed by atoms with Crippen molar-refractivity contribution in [1.29, 1.82) is 5.26 Å². The van der Waals surface area contributed by atoms with Gasteiger partial charge in [-0.2, -0.15) is 10.4 Å². The van der Waals surface area contributed by atoms with Gasteiger partial charge in [0.05, 0.1) is 11.8 Å². The number of nitrogens with zero attached hydrogens (tertiary/aromatic N) is 3. The van der Waals surface area contributed by atoms with Crippen molar-refractivity contribution < 1.29 is 4.79 Å². The summed E-state index contributed by atoms with van der Waals surface area (Å²) in [6, 6.07) is 5.51. The summed E-state index contributed by atoms with van der Waals surface area (Å²) in [5.41, 5.74) is 0.0721. The Kier molecular flexibility index (Phi) is 2.39. The van der Waals surface area contributed by atoms with Gasteiger partial charge in [0.15, 0.2) is 5.69 Å². The first kappa shape index (κ1) is 11.5. The van der Waals surface area contributed by atoms with Gasteiger partial charge in [-0.25, -0.2) is 0 Å². The highest BCUT2D eigenvalue weighted by Crippen LogP contribution is 2.55. The van der Waals surface area contributed by atoms with E-state index >= 15 is 0 Å². The summed E-state index contributed by atoms with van der Waals surface area (Å²) < 4.78 is 0. The molecule has 5 nitrogen and oxygen atoms in total. The molecule has 1 aliphatic rings. The molecule has 1 N–H and O–H groups in total. The first-order chi connectivity index (χ1) is 7.90. The van der Waals surface area contributed by atoms with E-state index in [9.17, 15) is 4.79 Å². The molecule has 0 saturated heterocycles. The van der Waals surface area contributed by atoms with Gasteiger partial charge in [-0.15, -0.1) is 5.10 Å². The van der Waals surface area contributed by atoms with Crippen molar-refractivity contribution in [3.8, 4) is 6.07 Å². The Hall–Kier alpha value is -1.96. The fourth-order valence-corrected chi connectivity index (χ4v) is 1.83. The number of hydrogen-bond donors (Lipinski definition) is 1. The summed E-state index contributed by atoms with van der Waals surface area (Å²) in [5, 5.41) is 19.5. The van der Waals surface area contributed by atoms with Crippen LogP contribution in [0.3, 0.4) is 0 Å². The Morgan fingerprint density at radius 3 is 2.53 bits per heavy atom. The average molecular weight is 230 g/mol. The predicted molar refractivity (Wildman–Crippen MR) is 61.0 cm³/mol. The van der Waals surface area contributed by atoms with Crippen LogP contribution in [0.15, 0.2) is 12.1 Å². The zero-order valence-electron chi connectivity index (χ0n) is 10.1. The Bertz CT molecular complexity index is 500. The van der Waals surface area contributed by atoms with Gasteiger partial charge in [0.25, 0.3) is 5.91 Å². The number of nitrogens with one attached hydrogen (secondary N) is 1. The minimum Gasteiger partial charge on any atom is -0.332 e. The van der Waals surface area contributed by atoms with E-state index in [0.29, 0.717) is 6.42 Å². The van der Waals surface area contributed by atoms with Crippen LogP contribution in [0, 0.1) is 23.7 Å². The third kappa shape index (κ3) is 1.86. The van der Waals surface area contributed by atoms with Crippen molar-refractivity contribution in [3.63, 3.8) is 0 Å². The molecule has 1 amide bonds. The van der Waals surface area contributed by atoms with Crippen molar-refractivity contribution in [3.05, 3.63) is 23.5 Å². The molecule has 1 atom stereocenters. The zero-order chi connectivity index (χ0) is 12.7. The highest BCUT2D eigenvalue weighted by molar-refractivity contribution is 5.93. The Morgan fingerprint density at radius 2 is 2.12 bits per heavy atom. The van der Waals surface area contributed by atoms with Crippen LogP contribution in [0.25, 0.3) is 0 Å². The van der Waals surface area contributed by atoms with Gasteiger partial charge < -0.3 is 5.32 Å². The molecule has 1 aliphatic carbocycles. The average Bonchev–Trinajstić information content (AvgIpc) is 2.82. The van der Waals surface area contributed by atoms with Crippen molar-refractivity contribution in [1.82, 2.24) is 15.5 Å². The van der Waals surface area contributed by atoms with E-state index in [-0.39, 0.29) is 17.0 Å². The van der Waals surface area contributed by atoms with Crippen LogP contribution in [0.5, 0.6) is 0 Å². The fraction of sp³-hybridized carbons (Fsp3) is 0.500. The van der Waals surface area contributed by atoms with Crippen molar-refractivity contribution in [2.45, 2.75) is 32.7 Å². The summed E-state index contributed by atoms with van der Waals surface area (Å²) in [7, 11) is 0. The number of hydrogen-bond acceptors (Lipinski definition) is 4. The van der Waals surface area contributed by atoms with Gasteiger partial charge in [0, 0.05) is 5.41 Å². The lowest BCUT2D eigenvalue weighted by atomic mass is 10.1. The molecule has 0 spiro atoms. The van der Waals surface area contributed by atoms with E-state index in [4.69, 9.17) is 5.26 Å². The molecular formula is C12H14N4O. The molecule has 88 valence electrons. The van der Waals surface area contributed by atoms with E-state index < -0.39 is 5.54 Å². The third-order valence-electron chi connectivity index (χ3n) is 3.29. The van der Waals surface area contributed by atoms with Gasteiger partial charge in [-0.05, 0) is 25.5 Å². The highest BCUT2D eigenvalue weighted by atomic mass is 16.2. The van der Waals surface area contributed by atoms with Gasteiger partial charge in [-0.3, -0.25) is 4.79 Å². The molecule has 0 radical (unpaired) electrons. The lowest BCUT2D eigenvalue weighted by molar-refractivity contribution is 0.0928. The van der Waals surface area contributed by atoms with E-state index in [1.807, 2.05) is 13.8 Å². The molecule has 0 aromatic carbocycles. The Morgan fingerprint density at radius 1 is 1.47 bits per heavy atom. The second-order valence-corrected chi connectivity index (χ2v) is 5.09. The Labute approximate surface area is 99.9 Å². The molecule has 1 unspecified atom stereocenters. The van der Waals surface area contributed by atoms with Crippen LogP contribution < -0.4 is 5.32 Å². The number of nitriles is 1. The number of amides is 1.